The Bertz CT molecular complexity index is 1300. The van der Waals surface area contributed by atoms with Gasteiger partial charge in [-0.25, -0.2) is 14.5 Å². The summed E-state index contributed by atoms with van der Waals surface area (Å²) in [6.45, 7) is 5.62. The molecule has 11 nitrogen and oxygen atoms in total. The number of carbonyl (C=O) groups excluding carboxylic acids is 1. The molecule has 0 spiro atoms. The van der Waals surface area contributed by atoms with Crippen molar-refractivity contribution in [2.24, 2.45) is 0 Å². The van der Waals surface area contributed by atoms with Gasteiger partial charge in [0.2, 0.25) is 17.5 Å². The first kappa shape index (κ1) is 22.1. The maximum absolute atomic E-state index is 11.6. The number of methoxy groups -OCH3 is 1. The topological polar surface area (TPSA) is 119 Å². The van der Waals surface area contributed by atoms with Crippen molar-refractivity contribution < 1.29 is 18.7 Å². The molecular weight excluding hydrogens is 438 g/mol. The number of pyridine rings is 1. The van der Waals surface area contributed by atoms with Crippen LogP contribution in [0.2, 0.25) is 0 Å². The normalized spacial score (nSPS) is 16.2. The van der Waals surface area contributed by atoms with Crippen molar-refractivity contribution in [3.8, 4) is 17.3 Å². The molecule has 0 aromatic carbocycles. The van der Waals surface area contributed by atoms with Crippen molar-refractivity contribution in [2.75, 3.05) is 51.4 Å². The number of hydrogen-bond donors (Lipinski definition) is 2. The van der Waals surface area contributed by atoms with Gasteiger partial charge in [-0.15, -0.1) is 5.10 Å². The number of piperazine rings is 1. The highest BCUT2D eigenvalue weighted by Crippen LogP contribution is 2.33. The van der Waals surface area contributed by atoms with E-state index < -0.39 is 0 Å². The van der Waals surface area contributed by atoms with Crippen LogP contribution in [0.1, 0.15) is 6.92 Å². The van der Waals surface area contributed by atoms with Gasteiger partial charge in [-0.1, -0.05) is 0 Å². The molecule has 178 valence electrons. The number of imidazole rings is 1. The summed E-state index contributed by atoms with van der Waals surface area (Å²) in [5.74, 6) is 0.999. The van der Waals surface area contributed by atoms with Crippen LogP contribution in [0.15, 0.2) is 41.1 Å². The number of fused-ring (bicyclic) bond motifs is 2. The monoisotopic (exact) mass is 465 g/mol. The van der Waals surface area contributed by atoms with Gasteiger partial charge < -0.3 is 29.4 Å². The maximum Gasteiger partial charge on any atom is 0.234 e. The fraction of sp³-hybridized carbons (Fsp3) is 0.391. The molecule has 0 unspecified atom stereocenters. The first-order valence-electron chi connectivity index (χ1n) is 11.3. The molecule has 5 rings (SSSR count). The van der Waals surface area contributed by atoms with E-state index in [1.54, 1.807) is 30.1 Å². The van der Waals surface area contributed by atoms with Crippen LogP contribution in [0.5, 0.6) is 5.88 Å². The van der Waals surface area contributed by atoms with Crippen LogP contribution in [-0.2, 0) is 9.53 Å². The van der Waals surface area contributed by atoms with E-state index in [1.807, 2.05) is 18.2 Å². The molecule has 11 heteroatoms. The highest BCUT2D eigenvalue weighted by atomic mass is 16.5. The maximum atomic E-state index is 11.6. The molecule has 1 atom stereocenters. The third kappa shape index (κ3) is 4.39. The Hall–Kier alpha value is -3.70. The minimum absolute atomic E-state index is 0.0399. The molecule has 1 aliphatic rings. The number of carbonyl (C=O) groups is 1. The molecule has 5 heterocycles. The quantitative estimate of drug-likeness (QED) is 0.379. The smallest absolute Gasteiger partial charge is 0.234 e. The van der Waals surface area contributed by atoms with Crippen molar-refractivity contribution in [3.05, 3.63) is 36.7 Å². The van der Waals surface area contributed by atoms with Gasteiger partial charge in [-0.2, -0.15) is 0 Å². The van der Waals surface area contributed by atoms with E-state index in [0.29, 0.717) is 55.0 Å². The zero-order valence-electron chi connectivity index (χ0n) is 19.2. The molecular formula is C23H27N7O4. The number of anilines is 1. The molecule has 4 aromatic heterocycles. The Labute approximate surface area is 196 Å². The largest absolute Gasteiger partial charge is 0.474 e. The van der Waals surface area contributed by atoms with Crippen molar-refractivity contribution in [1.82, 2.24) is 30.2 Å². The standard InChI is InChI=1S/C23H27N7O4/c1-3-29(8-9-32-2)17-6-7-25-23-16(17)10-19(34-23)18-12-26-20-4-5-22(28-30(18)20)33-14-15-11-24-13-21(31)27-15/h4-7,10,12,15,24H,3,8-9,11,13-14H2,1-2H3,(H,27,31)/t15-/m0/s1. The first-order chi connectivity index (χ1) is 16.7. The van der Waals surface area contributed by atoms with Gasteiger partial charge in [-0.3, -0.25) is 4.79 Å². The SMILES string of the molecule is CCN(CCOC)c1ccnc2oc(-c3cnc4ccc(OC[C@@H]5CNCC(=O)N5)nn34)cc12. The molecule has 0 saturated carbocycles. The van der Waals surface area contributed by atoms with E-state index >= 15 is 0 Å². The number of nitrogens with one attached hydrogen (secondary N) is 2. The van der Waals surface area contributed by atoms with Gasteiger partial charge >= 0.3 is 0 Å². The molecule has 0 radical (unpaired) electrons. The Balaban J connectivity index is 1.43. The second-order valence-electron chi connectivity index (χ2n) is 8.02. The lowest BCUT2D eigenvalue weighted by Gasteiger charge is -2.23. The van der Waals surface area contributed by atoms with E-state index in [2.05, 4.69) is 37.5 Å². The number of likely N-dealkylation sites (N-methyl/N-ethyl adjacent to an activating group) is 1. The Morgan fingerprint density at radius 3 is 3.03 bits per heavy atom. The Morgan fingerprint density at radius 2 is 2.21 bits per heavy atom. The lowest BCUT2D eigenvalue weighted by atomic mass is 10.2. The van der Waals surface area contributed by atoms with E-state index in [9.17, 15) is 4.79 Å². The van der Waals surface area contributed by atoms with E-state index in [1.165, 1.54) is 0 Å². The van der Waals surface area contributed by atoms with Crippen LogP contribution in [-0.4, -0.2) is 78.0 Å². The minimum Gasteiger partial charge on any atom is -0.474 e. The fourth-order valence-corrected chi connectivity index (χ4v) is 4.06. The van der Waals surface area contributed by atoms with Gasteiger partial charge in [0.1, 0.15) is 12.3 Å². The van der Waals surface area contributed by atoms with Crippen molar-refractivity contribution in [1.29, 1.82) is 0 Å². The van der Waals surface area contributed by atoms with Gasteiger partial charge in [0, 0.05) is 39.0 Å². The number of nitrogens with zero attached hydrogens (tertiary/aromatic N) is 5. The summed E-state index contributed by atoms with van der Waals surface area (Å²) < 4.78 is 18.9. The number of ether oxygens (including phenoxy) is 2. The van der Waals surface area contributed by atoms with Crippen molar-refractivity contribution >= 4 is 28.3 Å². The second kappa shape index (κ2) is 9.65. The molecule has 1 fully saturated rings. The van der Waals surface area contributed by atoms with Crippen LogP contribution >= 0.6 is 0 Å². The van der Waals surface area contributed by atoms with Crippen LogP contribution in [0.25, 0.3) is 28.2 Å². The van der Waals surface area contributed by atoms with E-state index in [4.69, 9.17) is 13.9 Å². The molecule has 2 N–H and O–H groups in total. The number of amides is 1. The van der Waals surface area contributed by atoms with Crippen LogP contribution in [0, 0.1) is 0 Å². The summed E-state index contributed by atoms with van der Waals surface area (Å²) in [5, 5.41) is 11.5. The first-order valence-corrected chi connectivity index (χ1v) is 11.3. The average molecular weight is 466 g/mol. The summed E-state index contributed by atoms with van der Waals surface area (Å²) in [5.41, 5.74) is 2.94. The van der Waals surface area contributed by atoms with Gasteiger partial charge in [0.15, 0.2) is 11.4 Å². The van der Waals surface area contributed by atoms with Gasteiger partial charge in [0.25, 0.3) is 0 Å². The van der Waals surface area contributed by atoms with E-state index in [-0.39, 0.29) is 11.9 Å². The molecule has 0 bridgehead atoms. The zero-order chi connectivity index (χ0) is 23.5. The van der Waals surface area contributed by atoms with Gasteiger partial charge in [0.05, 0.1) is 36.5 Å². The lowest BCUT2D eigenvalue weighted by Crippen LogP contribution is -2.54. The number of hydrogen-bond acceptors (Lipinski definition) is 9. The second-order valence-corrected chi connectivity index (χ2v) is 8.02. The summed E-state index contributed by atoms with van der Waals surface area (Å²) in [6.07, 6.45) is 3.47. The lowest BCUT2D eigenvalue weighted by molar-refractivity contribution is -0.122. The number of aromatic nitrogens is 4. The van der Waals surface area contributed by atoms with Crippen LogP contribution < -0.4 is 20.3 Å². The average Bonchev–Trinajstić information content (AvgIpc) is 3.47. The Kier molecular flexibility index (Phi) is 6.28. The van der Waals surface area contributed by atoms with E-state index in [0.717, 1.165) is 24.2 Å². The summed E-state index contributed by atoms with van der Waals surface area (Å²) >= 11 is 0. The third-order valence-corrected chi connectivity index (χ3v) is 5.76. The highest BCUT2D eigenvalue weighted by molar-refractivity contribution is 5.91. The third-order valence-electron chi connectivity index (χ3n) is 5.76. The highest BCUT2D eigenvalue weighted by Gasteiger charge is 2.20. The predicted octanol–water partition coefficient (Wildman–Crippen LogP) is 1.48. The summed E-state index contributed by atoms with van der Waals surface area (Å²) in [4.78, 5) is 22.6. The number of furan rings is 1. The fourth-order valence-electron chi connectivity index (χ4n) is 4.06. The molecule has 1 saturated heterocycles. The minimum atomic E-state index is -0.111. The molecule has 1 amide bonds. The summed E-state index contributed by atoms with van der Waals surface area (Å²) in [6, 6.07) is 7.44. The van der Waals surface area contributed by atoms with Crippen molar-refractivity contribution in [3.63, 3.8) is 0 Å². The Morgan fingerprint density at radius 1 is 1.29 bits per heavy atom. The van der Waals surface area contributed by atoms with Crippen LogP contribution in [0.3, 0.4) is 0 Å². The zero-order valence-corrected chi connectivity index (χ0v) is 19.2. The summed E-state index contributed by atoms with van der Waals surface area (Å²) in [7, 11) is 1.70. The number of rotatable bonds is 9. The molecule has 0 aliphatic carbocycles. The van der Waals surface area contributed by atoms with Gasteiger partial charge in [-0.05, 0) is 25.1 Å². The van der Waals surface area contributed by atoms with Crippen LogP contribution in [0.4, 0.5) is 5.69 Å². The van der Waals surface area contributed by atoms with Crippen molar-refractivity contribution in [2.45, 2.75) is 13.0 Å². The molecule has 4 aromatic rings. The molecule has 34 heavy (non-hydrogen) atoms. The molecule has 1 aliphatic heterocycles. The predicted molar refractivity (Wildman–Crippen MR) is 126 cm³/mol.